The van der Waals surface area contributed by atoms with Gasteiger partial charge in [-0.3, -0.25) is 4.98 Å². The molecule has 3 heterocycles. The topological polar surface area (TPSA) is 30.2 Å². The number of para-hydroxylation sites is 1. The van der Waals surface area contributed by atoms with Crippen LogP contribution in [-0.4, -0.2) is 14.4 Å². The first-order valence-corrected chi connectivity index (χ1v) is 8.20. The predicted octanol–water partition coefficient (Wildman–Crippen LogP) is 4.48. The van der Waals surface area contributed by atoms with E-state index in [-0.39, 0.29) is 0 Å². The summed E-state index contributed by atoms with van der Waals surface area (Å²) in [5.74, 6) is 0.844. The Balaban J connectivity index is 1.64. The maximum Gasteiger partial charge on any atom is 0.137 e. The number of benzene rings is 1. The molecule has 0 spiro atoms. The van der Waals surface area contributed by atoms with Gasteiger partial charge in [0.05, 0.1) is 11.2 Å². The van der Waals surface area contributed by atoms with Crippen LogP contribution in [0.1, 0.15) is 11.4 Å². The minimum atomic E-state index is 0.844. The molecule has 108 valence electrons. The fourth-order valence-corrected chi connectivity index (χ4v) is 3.54. The monoisotopic (exact) mass is 305 g/mol. The molecular formula is C18H15N3S. The highest BCUT2D eigenvalue weighted by molar-refractivity contribution is 7.98. The molecule has 0 aliphatic rings. The largest absolute Gasteiger partial charge is 0.304 e. The van der Waals surface area contributed by atoms with Crippen LogP contribution in [0.25, 0.3) is 16.6 Å². The molecule has 3 nitrogen and oxygen atoms in total. The van der Waals surface area contributed by atoms with E-state index in [9.17, 15) is 0 Å². The van der Waals surface area contributed by atoms with Crippen molar-refractivity contribution in [3.63, 3.8) is 0 Å². The number of thioether (sulfide) groups is 1. The van der Waals surface area contributed by atoms with Gasteiger partial charge in [0.15, 0.2) is 0 Å². The molecule has 0 radical (unpaired) electrons. The van der Waals surface area contributed by atoms with Crippen LogP contribution < -0.4 is 0 Å². The van der Waals surface area contributed by atoms with E-state index in [0.717, 1.165) is 22.6 Å². The lowest BCUT2D eigenvalue weighted by Gasteiger charge is -2.03. The average molecular weight is 305 g/mol. The van der Waals surface area contributed by atoms with Gasteiger partial charge in [-0.05, 0) is 31.2 Å². The van der Waals surface area contributed by atoms with Crippen LogP contribution in [0.15, 0.2) is 65.8 Å². The van der Waals surface area contributed by atoms with Gasteiger partial charge in [0.1, 0.15) is 5.65 Å². The number of pyridine rings is 2. The summed E-state index contributed by atoms with van der Waals surface area (Å²) in [4.78, 5) is 10.4. The SMILES string of the molecule is Cc1cccc2nc(CSc3cccc4cccnc34)cn12. The summed E-state index contributed by atoms with van der Waals surface area (Å²) in [7, 11) is 0. The number of fused-ring (bicyclic) bond motifs is 2. The number of aromatic nitrogens is 3. The minimum absolute atomic E-state index is 0.844. The van der Waals surface area contributed by atoms with Crippen molar-refractivity contribution in [2.24, 2.45) is 0 Å². The second-order valence-electron chi connectivity index (χ2n) is 5.25. The highest BCUT2D eigenvalue weighted by atomic mass is 32.2. The average Bonchev–Trinajstić information content (AvgIpc) is 2.97. The van der Waals surface area contributed by atoms with Crippen molar-refractivity contribution < 1.29 is 0 Å². The summed E-state index contributed by atoms with van der Waals surface area (Å²) in [5.41, 5.74) is 4.36. The Kier molecular flexibility index (Phi) is 3.31. The highest BCUT2D eigenvalue weighted by Gasteiger charge is 2.06. The zero-order valence-electron chi connectivity index (χ0n) is 12.2. The van der Waals surface area contributed by atoms with E-state index in [4.69, 9.17) is 4.98 Å². The minimum Gasteiger partial charge on any atom is -0.304 e. The van der Waals surface area contributed by atoms with Crippen LogP contribution >= 0.6 is 11.8 Å². The van der Waals surface area contributed by atoms with Gasteiger partial charge in [0, 0.05) is 34.1 Å². The summed E-state index contributed by atoms with van der Waals surface area (Å²) in [6.07, 6.45) is 3.97. The van der Waals surface area contributed by atoms with E-state index in [2.05, 4.69) is 52.8 Å². The molecule has 0 N–H and O–H groups in total. The van der Waals surface area contributed by atoms with Gasteiger partial charge in [-0.15, -0.1) is 11.8 Å². The molecule has 0 atom stereocenters. The molecule has 1 aromatic carbocycles. The molecule has 0 saturated carbocycles. The lowest BCUT2D eigenvalue weighted by molar-refractivity contribution is 1.09. The Morgan fingerprint density at radius 1 is 1.05 bits per heavy atom. The van der Waals surface area contributed by atoms with Gasteiger partial charge < -0.3 is 4.40 Å². The number of imidazole rings is 1. The van der Waals surface area contributed by atoms with E-state index in [1.165, 1.54) is 16.0 Å². The molecule has 0 saturated heterocycles. The molecule has 0 bridgehead atoms. The molecule has 0 aliphatic carbocycles. The molecule has 0 fully saturated rings. The first-order valence-electron chi connectivity index (χ1n) is 7.21. The van der Waals surface area contributed by atoms with Crippen molar-refractivity contribution >= 4 is 28.3 Å². The third-order valence-electron chi connectivity index (χ3n) is 3.72. The van der Waals surface area contributed by atoms with Crippen molar-refractivity contribution in [2.45, 2.75) is 17.6 Å². The molecule has 4 heteroatoms. The van der Waals surface area contributed by atoms with Gasteiger partial charge in [-0.2, -0.15) is 0 Å². The molecule has 4 aromatic rings. The fraction of sp³-hybridized carbons (Fsp3) is 0.111. The summed E-state index contributed by atoms with van der Waals surface area (Å²) >= 11 is 1.79. The molecular weight excluding hydrogens is 290 g/mol. The van der Waals surface area contributed by atoms with E-state index in [1.807, 2.05) is 24.4 Å². The quantitative estimate of drug-likeness (QED) is 0.523. The van der Waals surface area contributed by atoms with Gasteiger partial charge in [0.2, 0.25) is 0 Å². The molecule has 0 aliphatic heterocycles. The van der Waals surface area contributed by atoms with Crippen LogP contribution in [0, 0.1) is 6.92 Å². The normalized spacial score (nSPS) is 11.3. The standard InChI is InChI=1S/C18H15N3S/c1-13-5-2-9-17-20-15(11-21(13)17)12-22-16-8-3-6-14-7-4-10-19-18(14)16/h2-11H,12H2,1H3. The Morgan fingerprint density at radius 3 is 2.82 bits per heavy atom. The Hall–Kier alpha value is -2.33. The zero-order valence-corrected chi connectivity index (χ0v) is 13.0. The number of hydrogen-bond acceptors (Lipinski definition) is 3. The van der Waals surface area contributed by atoms with Crippen LogP contribution in [0.4, 0.5) is 0 Å². The van der Waals surface area contributed by atoms with Crippen LogP contribution in [0.2, 0.25) is 0 Å². The lowest BCUT2D eigenvalue weighted by atomic mass is 10.2. The van der Waals surface area contributed by atoms with Gasteiger partial charge in [0.25, 0.3) is 0 Å². The molecule has 3 aromatic heterocycles. The predicted molar refractivity (Wildman–Crippen MR) is 91.2 cm³/mol. The molecule has 4 rings (SSSR count). The van der Waals surface area contributed by atoms with Crippen molar-refractivity contribution in [1.29, 1.82) is 0 Å². The number of hydrogen-bond donors (Lipinski definition) is 0. The molecule has 22 heavy (non-hydrogen) atoms. The number of aryl methyl sites for hydroxylation is 1. The number of rotatable bonds is 3. The Morgan fingerprint density at radius 2 is 1.91 bits per heavy atom. The maximum absolute atomic E-state index is 4.69. The Bertz CT molecular complexity index is 954. The fourth-order valence-electron chi connectivity index (χ4n) is 2.61. The van der Waals surface area contributed by atoms with Gasteiger partial charge >= 0.3 is 0 Å². The van der Waals surface area contributed by atoms with Crippen molar-refractivity contribution in [2.75, 3.05) is 0 Å². The van der Waals surface area contributed by atoms with Gasteiger partial charge in [-0.1, -0.05) is 24.3 Å². The van der Waals surface area contributed by atoms with Crippen LogP contribution in [-0.2, 0) is 5.75 Å². The smallest absolute Gasteiger partial charge is 0.137 e. The number of nitrogens with zero attached hydrogens (tertiary/aromatic N) is 3. The molecule has 0 unspecified atom stereocenters. The van der Waals surface area contributed by atoms with Crippen molar-refractivity contribution in [3.05, 3.63) is 72.3 Å². The maximum atomic E-state index is 4.69. The van der Waals surface area contributed by atoms with E-state index in [0.29, 0.717) is 0 Å². The van der Waals surface area contributed by atoms with Gasteiger partial charge in [-0.25, -0.2) is 4.98 Å². The zero-order chi connectivity index (χ0) is 14.9. The lowest BCUT2D eigenvalue weighted by Crippen LogP contribution is -1.86. The summed E-state index contributed by atoms with van der Waals surface area (Å²) in [6, 6.07) is 16.6. The van der Waals surface area contributed by atoms with Crippen LogP contribution in [0.3, 0.4) is 0 Å². The first-order chi connectivity index (χ1) is 10.8. The summed E-state index contributed by atoms with van der Waals surface area (Å²) in [5, 5.41) is 1.18. The van der Waals surface area contributed by atoms with Crippen LogP contribution in [0.5, 0.6) is 0 Å². The third-order valence-corrected chi connectivity index (χ3v) is 4.80. The molecule has 0 amide bonds. The second-order valence-corrected chi connectivity index (χ2v) is 6.26. The first kappa shape index (κ1) is 13.3. The summed E-state index contributed by atoms with van der Waals surface area (Å²) in [6.45, 7) is 2.10. The summed E-state index contributed by atoms with van der Waals surface area (Å²) < 4.78 is 2.14. The highest BCUT2D eigenvalue weighted by Crippen LogP contribution is 2.28. The van der Waals surface area contributed by atoms with E-state index in [1.54, 1.807) is 11.8 Å². The van der Waals surface area contributed by atoms with E-state index >= 15 is 0 Å². The van der Waals surface area contributed by atoms with E-state index < -0.39 is 0 Å². The third kappa shape index (κ3) is 2.35. The van der Waals surface area contributed by atoms with Crippen molar-refractivity contribution in [1.82, 2.24) is 14.4 Å². The second kappa shape index (κ2) is 5.46. The Labute approximate surface area is 133 Å². The van der Waals surface area contributed by atoms with Crippen molar-refractivity contribution in [3.8, 4) is 0 Å².